The molecule has 2 aliphatic heterocycles. The quantitative estimate of drug-likeness (QED) is 0.246. The number of unbranched alkanes of at least 4 members (excludes halogenated alkanes) is 5. The third-order valence-electron chi connectivity index (χ3n) is 6.07. The second kappa shape index (κ2) is 10.5. The molecule has 8 nitrogen and oxygen atoms in total. The molecule has 3 rings (SSSR count). The van der Waals surface area contributed by atoms with Gasteiger partial charge in [-0.05, 0) is 31.2 Å². The molecule has 1 saturated heterocycles. The number of hydrogen-bond acceptors (Lipinski definition) is 6. The largest absolute Gasteiger partial charge is 0.364 e. The minimum absolute atomic E-state index is 0.0359. The molecule has 0 bridgehead atoms. The summed E-state index contributed by atoms with van der Waals surface area (Å²) in [6.45, 7) is 5.56. The molecule has 0 atom stereocenters. The van der Waals surface area contributed by atoms with Crippen LogP contribution in [0.15, 0.2) is 30.0 Å². The van der Waals surface area contributed by atoms with E-state index < -0.39 is 4.92 Å². The van der Waals surface area contributed by atoms with Crippen LogP contribution in [0.4, 0.5) is 5.69 Å². The van der Waals surface area contributed by atoms with E-state index in [0.29, 0.717) is 36.5 Å². The molecule has 0 radical (unpaired) electrons. The van der Waals surface area contributed by atoms with Gasteiger partial charge < -0.3 is 9.80 Å². The number of non-ortho nitro benzene ring substituents is 1. The van der Waals surface area contributed by atoms with Crippen molar-refractivity contribution in [1.29, 1.82) is 0 Å². The van der Waals surface area contributed by atoms with Crippen LogP contribution in [-0.2, 0) is 9.59 Å². The maximum atomic E-state index is 13.3. The minimum atomic E-state index is -0.466. The standard InChI is InChI=1S/C23H32N4O4/c1-3-4-5-6-7-8-13-26-22(28)20(18-9-11-19(12-10-18)27(30)31)21(23(26)29)25-16-14-24(2)15-17-25/h9-12H,3-8,13-17H2,1-2H3. The molecule has 8 heteroatoms. The van der Waals surface area contributed by atoms with Gasteiger partial charge in [0.1, 0.15) is 5.70 Å². The fourth-order valence-electron chi connectivity index (χ4n) is 4.15. The van der Waals surface area contributed by atoms with E-state index in [2.05, 4.69) is 11.8 Å². The number of likely N-dealkylation sites (N-methyl/N-ethyl adjacent to an activating group) is 1. The van der Waals surface area contributed by atoms with Gasteiger partial charge in [-0.15, -0.1) is 0 Å². The highest BCUT2D eigenvalue weighted by atomic mass is 16.6. The molecule has 0 spiro atoms. The Balaban J connectivity index is 1.82. The lowest BCUT2D eigenvalue weighted by Crippen LogP contribution is -2.46. The molecule has 31 heavy (non-hydrogen) atoms. The monoisotopic (exact) mass is 428 g/mol. The zero-order valence-corrected chi connectivity index (χ0v) is 18.5. The Kier molecular flexibility index (Phi) is 7.79. The van der Waals surface area contributed by atoms with Gasteiger partial charge in [-0.25, -0.2) is 0 Å². The van der Waals surface area contributed by atoms with Gasteiger partial charge in [0.05, 0.1) is 10.5 Å². The Morgan fingerprint density at radius 1 is 0.903 bits per heavy atom. The molecule has 1 aromatic rings. The van der Waals surface area contributed by atoms with Crippen molar-refractivity contribution in [3.05, 3.63) is 45.6 Å². The topological polar surface area (TPSA) is 87.0 Å². The van der Waals surface area contributed by atoms with Crippen LogP contribution in [0.2, 0.25) is 0 Å². The van der Waals surface area contributed by atoms with Crippen molar-refractivity contribution in [1.82, 2.24) is 14.7 Å². The maximum absolute atomic E-state index is 13.3. The highest BCUT2D eigenvalue weighted by Gasteiger charge is 2.41. The first-order valence-electron chi connectivity index (χ1n) is 11.2. The molecule has 0 N–H and O–H groups in total. The summed E-state index contributed by atoms with van der Waals surface area (Å²) in [5.41, 5.74) is 1.34. The lowest BCUT2D eigenvalue weighted by Gasteiger charge is -2.34. The summed E-state index contributed by atoms with van der Waals surface area (Å²) in [5, 5.41) is 11.0. The van der Waals surface area contributed by atoms with Gasteiger partial charge in [0.2, 0.25) is 0 Å². The molecule has 1 fully saturated rings. The molecule has 168 valence electrons. The lowest BCUT2D eigenvalue weighted by molar-refractivity contribution is -0.384. The SMILES string of the molecule is CCCCCCCCN1C(=O)C(c2ccc([N+](=O)[O-])cc2)=C(N2CCN(C)CC2)C1=O. The fraction of sp³-hybridized carbons (Fsp3) is 0.565. The van der Waals surface area contributed by atoms with Crippen molar-refractivity contribution < 1.29 is 14.5 Å². The predicted octanol–water partition coefficient (Wildman–Crippen LogP) is 3.28. The number of rotatable bonds is 10. The van der Waals surface area contributed by atoms with Crippen LogP contribution >= 0.6 is 0 Å². The van der Waals surface area contributed by atoms with Crippen LogP contribution in [0, 0.1) is 10.1 Å². The van der Waals surface area contributed by atoms with Crippen molar-refractivity contribution >= 4 is 23.1 Å². The number of nitro benzene ring substituents is 1. The number of amides is 2. The number of benzene rings is 1. The Hall–Kier alpha value is -2.74. The van der Waals surface area contributed by atoms with Crippen molar-refractivity contribution in [2.24, 2.45) is 0 Å². The molecule has 0 saturated carbocycles. The van der Waals surface area contributed by atoms with Gasteiger partial charge in [0, 0.05) is 44.9 Å². The van der Waals surface area contributed by atoms with Crippen LogP contribution in [0.3, 0.4) is 0 Å². The number of imide groups is 1. The summed E-state index contributed by atoms with van der Waals surface area (Å²) in [5.74, 6) is -0.530. The van der Waals surface area contributed by atoms with E-state index in [1.807, 2.05) is 11.9 Å². The smallest absolute Gasteiger partial charge is 0.277 e. The second-order valence-electron chi connectivity index (χ2n) is 8.35. The first-order chi connectivity index (χ1) is 14.9. The van der Waals surface area contributed by atoms with Crippen molar-refractivity contribution in [3.63, 3.8) is 0 Å². The van der Waals surface area contributed by atoms with Crippen molar-refractivity contribution in [2.75, 3.05) is 39.8 Å². The van der Waals surface area contributed by atoms with Crippen LogP contribution < -0.4 is 0 Å². The Morgan fingerprint density at radius 2 is 1.52 bits per heavy atom. The maximum Gasteiger partial charge on any atom is 0.277 e. The van der Waals surface area contributed by atoms with E-state index in [9.17, 15) is 19.7 Å². The van der Waals surface area contributed by atoms with Gasteiger partial charge in [-0.3, -0.25) is 24.6 Å². The number of carbonyl (C=O) groups is 2. The van der Waals surface area contributed by atoms with Gasteiger partial charge in [-0.2, -0.15) is 0 Å². The Morgan fingerprint density at radius 3 is 2.13 bits per heavy atom. The number of carbonyl (C=O) groups excluding carboxylic acids is 2. The Labute approximate surface area is 183 Å². The molecular formula is C23H32N4O4. The summed E-state index contributed by atoms with van der Waals surface area (Å²) >= 11 is 0. The van der Waals surface area contributed by atoms with Crippen molar-refractivity contribution in [3.8, 4) is 0 Å². The zero-order valence-electron chi connectivity index (χ0n) is 18.5. The van der Waals surface area contributed by atoms with E-state index in [-0.39, 0.29) is 17.5 Å². The highest BCUT2D eigenvalue weighted by Crippen LogP contribution is 2.33. The summed E-state index contributed by atoms with van der Waals surface area (Å²) in [6, 6.07) is 5.92. The summed E-state index contributed by atoms with van der Waals surface area (Å²) in [7, 11) is 2.04. The molecule has 0 aliphatic carbocycles. The van der Waals surface area contributed by atoms with Gasteiger partial charge in [-0.1, -0.05) is 39.0 Å². The number of piperazine rings is 1. The number of nitro groups is 1. The molecule has 0 aromatic heterocycles. The fourth-order valence-corrected chi connectivity index (χ4v) is 4.15. The number of nitrogens with zero attached hydrogens (tertiary/aromatic N) is 4. The summed E-state index contributed by atoms with van der Waals surface area (Å²) in [6.07, 6.45) is 6.47. The first-order valence-corrected chi connectivity index (χ1v) is 11.2. The second-order valence-corrected chi connectivity index (χ2v) is 8.35. The van der Waals surface area contributed by atoms with E-state index in [1.54, 1.807) is 12.1 Å². The van der Waals surface area contributed by atoms with E-state index in [4.69, 9.17) is 0 Å². The minimum Gasteiger partial charge on any atom is -0.364 e. The third-order valence-corrected chi connectivity index (χ3v) is 6.07. The lowest BCUT2D eigenvalue weighted by atomic mass is 10.0. The highest BCUT2D eigenvalue weighted by molar-refractivity contribution is 6.35. The Bertz CT molecular complexity index is 842. The number of hydrogen-bond donors (Lipinski definition) is 0. The average molecular weight is 429 g/mol. The normalized spacial score (nSPS) is 17.7. The van der Waals surface area contributed by atoms with Crippen molar-refractivity contribution in [2.45, 2.75) is 45.4 Å². The molecule has 2 amide bonds. The third kappa shape index (κ3) is 5.31. The zero-order chi connectivity index (χ0) is 22.4. The molecule has 0 unspecified atom stereocenters. The van der Waals surface area contributed by atoms with E-state index in [0.717, 1.165) is 32.4 Å². The van der Waals surface area contributed by atoms with E-state index >= 15 is 0 Å². The summed E-state index contributed by atoms with van der Waals surface area (Å²) < 4.78 is 0. The van der Waals surface area contributed by atoms with E-state index in [1.165, 1.54) is 36.3 Å². The van der Waals surface area contributed by atoms with Gasteiger partial charge in [0.25, 0.3) is 17.5 Å². The van der Waals surface area contributed by atoms with Crippen LogP contribution in [-0.4, -0.2) is 71.2 Å². The molecule has 2 heterocycles. The molecular weight excluding hydrogens is 396 g/mol. The first kappa shape index (κ1) is 22.9. The van der Waals surface area contributed by atoms with Gasteiger partial charge in [0.15, 0.2) is 0 Å². The molecule has 1 aromatic carbocycles. The van der Waals surface area contributed by atoms with Crippen LogP contribution in [0.1, 0.15) is 51.0 Å². The predicted molar refractivity (Wildman–Crippen MR) is 119 cm³/mol. The average Bonchev–Trinajstić information content (AvgIpc) is 3.01. The van der Waals surface area contributed by atoms with Crippen LogP contribution in [0.25, 0.3) is 5.57 Å². The van der Waals surface area contributed by atoms with Crippen LogP contribution in [0.5, 0.6) is 0 Å². The summed E-state index contributed by atoms with van der Waals surface area (Å²) in [4.78, 5) is 42.7. The molecule has 2 aliphatic rings. The van der Waals surface area contributed by atoms with Gasteiger partial charge >= 0.3 is 0 Å².